The van der Waals surface area contributed by atoms with Gasteiger partial charge in [-0.15, -0.1) is 0 Å². The second-order valence-electron chi connectivity index (χ2n) is 3.67. The number of ether oxygens (including phenoxy) is 1. The number of rotatable bonds is 4. The van der Waals surface area contributed by atoms with E-state index < -0.39 is 11.8 Å². The third-order valence-corrected chi connectivity index (χ3v) is 3.06. The van der Waals surface area contributed by atoms with Gasteiger partial charge in [-0.2, -0.15) is 5.10 Å². The van der Waals surface area contributed by atoms with Gasteiger partial charge < -0.3 is 4.74 Å². The van der Waals surface area contributed by atoms with Gasteiger partial charge in [0, 0.05) is 22.4 Å². The first-order valence-electron chi connectivity index (χ1n) is 5.64. The van der Waals surface area contributed by atoms with Crippen molar-refractivity contribution in [3.63, 3.8) is 0 Å². The summed E-state index contributed by atoms with van der Waals surface area (Å²) in [6, 6.07) is 6.66. The summed E-state index contributed by atoms with van der Waals surface area (Å²) in [6.45, 7) is 1.83. The van der Waals surface area contributed by atoms with E-state index in [1.807, 2.05) is 0 Å². The van der Waals surface area contributed by atoms with Crippen LogP contribution in [0.4, 0.5) is 0 Å². The van der Waals surface area contributed by atoms with E-state index in [0.29, 0.717) is 4.47 Å². The molecule has 6 heteroatoms. The second-order valence-corrected chi connectivity index (χ2v) is 4.52. The number of Topliss-reactive ketones (excluding diaryl/α,β-unsaturated/α-hetero) is 1. The topological polar surface area (TPSA) is 61.2 Å². The Kier molecular flexibility index (Phi) is 4.11. The van der Waals surface area contributed by atoms with E-state index in [0.717, 1.165) is 5.69 Å². The number of nitrogens with zero attached hydrogens (tertiary/aromatic N) is 2. The highest BCUT2D eigenvalue weighted by Crippen LogP contribution is 2.22. The molecule has 98 valence electrons. The Morgan fingerprint density at radius 2 is 2.21 bits per heavy atom. The monoisotopic (exact) mass is 322 g/mol. The van der Waals surface area contributed by atoms with Gasteiger partial charge in [0.25, 0.3) is 5.78 Å². The van der Waals surface area contributed by atoms with Gasteiger partial charge >= 0.3 is 5.97 Å². The molecule has 0 aliphatic rings. The summed E-state index contributed by atoms with van der Waals surface area (Å²) in [5.74, 6) is -1.50. The fraction of sp³-hybridized carbons (Fsp3) is 0.154. The molecule has 0 spiro atoms. The van der Waals surface area contributed by atoms with Gasteiger partial charge in [-0.05, 0) is 47.1 Å². The van der Waals surface area contributed by atoms with Crippen LogP contribution in [-0.2, 0) is 9.53 Å². The van der Waals surface area contributed by atoms with Crippen LogP contribution in [0.15, 0.2) is 41.1 Å². The molecular formula is C13H11BrN2O3. The zero-order chi connectivity index (χ0) is 13.8. The minimum absolute atomic E-state index is 0.178. The fourth-order valence-corrected chi connectivity index (χ4v) is 2.12. The lowest BCUT2D eigenvalue weighted by Gasteiger charge is -2.06. The van der Waals surface area contributed by atoms with E-state index in [-0.39, 0.29) is 12.2 Å². The molecule has 1 heterocycles. The number of halogens is 1. The lowest BCUT2D eigenvalue weighted by Crippen LogP contribution is -2.17. The van der Waals surface area contributed by atoms with Gasteiger partial charge in [0.1, 0.15) is 0 Å². The number of benzene rings is 1. The van der Waals surface area contributed by atoms with Crippen LogP contribution in [-0.4, -0.2) is 28.1 Å². The molecule has 0 aliphatic heterocycles. The molecule has 1 aromatic heterocycles. The molecule has 0 fully saturated rings. The van der Waals surface area contributed by atoms with E-state index in [2.05, 4.69) is 25.8 Å². The molecule has 0 radical (unpaired) electrons. The number of aromatic nitrogens is 2. The third kappa shape index (κ3) is 2.90. The first-order chi connectivity index (χ1) is 9.13. The molecular weight excluding hydrogens is 312 g/mol. The van der Waals surface area contributed by atoms with Crippen molar-refractivity contribution in [2.75, 3.05) is 6.61 Å². The smallest absolute Gasteiger partial charge is 0.379 e. The van der Waals surface area contributed by atoms with Gasteiger partial charge in [0.15, 0.2) is 0 Å². The Bertz CT molecular complexity index is 608. The standard InChI is InChI=1S/C13H11BrN2O3/c1-2-19-13(18)12(17)9-4-5-11(10(14)8-9)16-7-3-6-15-16/h3-8H,2H2,1H3. The summed E-state index contributed by atoms with van der Waals surface area (Å²) in [5.41, 5.74) is 1.06. The van der Waals surface area contributed by atoms with Gasteiger partial charge in [-0.1, -0.05) is 0 Å². The van der Waals surface area contributed by atoms with Crippen molar-refractivity contribution in [3.05, 3.63) is 46.7 Å². The van der Waals surface area contributed by atoms with Crippen LogP contribution in [0.25, 0.3) is 5.69 Å². The van der Waals surface area contributed by atoms with Crippen molar-refractivity contribution in [1.82, 2.24) is 9.78 Å². The van der Waals surface area contributed by atoms with Crippen LogP contribution >= 0.6 is 15.9 Å². The third-order valence-electron chi connectivity index (χ3n) is 2.42. The molecule has 2 rings (SSSR count). The van der Waals surface area contributed by atoms with Crippen molar-refractivity contribution in [2.45, 2.75) is 6.92 Å². The summed E-state index contributed by atoms with van der Waals surface area (Å²) in [7, 11) is 0. The predicted molar refractivity (Wildman–Crippen MR) is 72.2 cm³/mol. The molecule has 0 atom stereocenters. The summed E-state index contributed by atoms with van der Waals surface area (Å²) >= 11 is 3.36. The van der Waals surface area contributed by atoms with Crippen LogP contribution < -0.4 is 0 Å². The lowest BCUT2D eigenvalue weighted by atomic mass is 10.1. The Morgan fingerprint density at radius 1 is 1.42 bits per heavy atom. The van der Waals surface area contributed by atoms with E-state index in [1.54, 1.807) is 48.3 Å². The molecule has 0 N–H and O–H groups in total. The number of carbonyl (C=O) groups excluding carboxylic acids is 2. The zero-order valence-corrected chi connectivity index (χ0v) is 11.8. The maximum absolute atomic E-state index is 11.8. The Hall–Kier alpha value is -1.95. The lowest BCUT2D eigenvalue weighted by molar-refractivity contribution is -0.137. The fourth-order valence-electron chi connectivity index (χ4n) is 1.56. The summed E-state index contributed by atoms with van der Waals surface area (Å²) in [4.78, 5) is 23.1. The van der Waals surface area contributed by atoms with E-state index in [4.69, 9.17) is 0 Å². The molecule has 0 bridgehead atoms. The van der Waals surface area contributed by atoms with Crippen molar-refractivity contribution in [3.8, 4) is 5.69 Å². The van der Waals surface area contributed by atoms with Crippen molar-refractivity contribution in [1.29, 1.82) is 0 Å². The molecule has 0 amide bonds. The van der Waals surface area contributed by atoms with E-state index in [9.17, 15) is 9.59 Å². The molecule has 0 aliphatic carbocycles. The number of carbonyl (C=O) groups is 2. The normalized spacial score (nSPS) is 10.2. The van der Waals surface area contributed by atoms with Crippen LogP contribution in [0.5, 0.6) is 0 Å². The highest BCUT2D eigenvalue weighted by Gasteiger charge is 2.18. The number of ketones is 1. The Balaban J connectivity index is 2.29. The molecule has 5 nitrogen and oxygen atoms in total. The number of hydrogen-bond donors (Lipinski definition) is 0. The molecule has 1 aromatic carbocycles. The highest BCUT2D eigenvalue weighted by molar-refractivity contribution is 9.10. The van der Waals surface area contributed by atoms with Crippen LogP contribution in [0.3, 0.4) is 0 Å². The maximum Gasteiger partial charge on any atom is 0.379 e. The highest BCUT2D eigenvalue weighted by atomic mass is 79.9. The van der Waals surface area contributed by atoms with Gasteiger partial charge in [-0.25, -0.2) is 9.48 Å². The summed E-state index contributed by atoms with van der Waals surface area (Å²) < 4.78 is 7.01. The molecule has 0 unspecified atom stereocenters. The Morgan fingerprint density at radius 3 is 2.79 bits per heavy atom. The molecule has 19 heavy (non-hydrogen) atoms. The summed E-state index contributed by atoms with van der Waals surface area (Å²) in [6.07, 6.45) is 3.44. The van der Waals surface area contributed by atoms with Crippen LogP contribution in [0.1, 0.15) is 17.3 Å². The van der Waals surface area contributed by atoms with Crippen molar-refractivity contribution in [2.24, 2.45) is 0 Å². The zero-order valence-electron chi connectivity index (χ0n) is 10.2. The quantitative estimate of drug-likeness (QED) is 0.492. The largest absolute Gasteiger partial charge is 0.460 e. The summed E-state index contributed by atoms with van der Waals surface area (Å²) in [5, 5.41) is 4.10. The minimum Gasteiger partial charge on any atom is -0.460 e. The predicted octanol–water partition coefficient (Wildman–Crippen LogP) is 2.38. The van der Waals surface area contributed by atoms with Gasteiger partial charge in [-0.3, -0.25) is 4.79 Å². The van der Waals surface area contributed by atoms with Crippen LogP contribution in [0, 0.1) is 0 Å². The average molecular weight is 323 g/mol. The first kappa shape index (κ1) is 13.5. The van der Waals surface area contributed by atoms with Gasteiger partial charge in [0.05, 0.1) is 12.3 Å². The van der Waals surface area contributed by atoms with Gasteiger partial charge in [0.2, 0.25) is 0 Å². The van der Waals surface area contributed by atoms with Crippen molar-refractivity contribution >= 4 is 27.7 Å². The number of hydrogen-bond acceptors (Lipinski definition) is 4. The van der Waals surface area contributed by atoms with Crippen LogP contribution in [0.2, 0.25) is 0 Å². The van der Waals surface area contributed by atoms with E-state index in [1.165, 1.54) is 0 Å². The second kappa shape index (κ2) is 5.79. The molecule has 0 saturated carbocycles. The SMILES string of the molecule is CCOC(=O)C(=O)c1ccc(-n2cccn2)c(Br)c1. The maximum atomic E-state index is 11.8. The number of esters is 1. The average Bonchev–Trinajstić information content (AvgIpc) is 2.91. The molecule has 2 aromatic rings. The minimum atomic E-state index is -0.846. The van der Waals surface area contributed by atoms with E-state index >= 15 is 0 Å². The molecule has 0 saturated heterocycles. The Labute approximate surface area is 118 Å². The van der Waals surface area contributed by atoms with Crippen molar-refractivity contribution < 1.29 is 14.3 Å². The first-order valence-corrected chi connectivity index (χ1v) is 6.43.